The fourth-order valence-electron chi connectivity index (χ4n) is 2.55. The average Bonchev–Trinajstić information content (AvgIpc) is 2.82. The van der Waals surface area contributed by atoms with E-state index in [1.54, 1.807) is 13.0 Å². The van der Waals surface area contributed by atoms with Crippen LogP contribution < -0.4 is 5.32 Å². The van der Waals surface area contributed by atoms with Crippen LogP contribution in [0.2, 0.25) is 0 Å². The quantitative estimate of drug-likeness (QED) is 0.849. The minimum Gasteiger partial charge on any atom is -0.387 e. The molecule has 1 aromatic rings. The van der Waals surface area contributed by atoms with Crippen LogP contribution >= 0.6 is 0 Å². The number of ether oxygens (including phenoxy) is 1. The molecule has 6 nitrogen and oxygen atoms in total. The number of aryl methyl sites for hydroxylation is 1. The first kappa shape index (κ1) is 15.0. The van der Waals surface area contributed by atoms with E-state index >= 15 is 0 Å². The van der Waals surface area contributed by atoms with Crippen LogP contribution in [0.4, 0.5) is 0 Å². The number of carbonyl (C=O) groups is 1. The van der Waals surface area contributed by atoms with E-state index < -0.39 is 11.0 Å². The summed E-state index contributed by atoms with van der Waals surface area (Å²) in [5, 5.41) is 17.0. The van der Waals surface area contributed by atoms with Crippen molar-refractivity contribution in [1.29, 1.82) is 0 Å². The number of hydrogen-bond donors (Lipinski definition) is 2. The smallest absolute Gasteiger partial charge is 0.290 e. The molecule has 6 heteroatoms. The summed E-state index contributed by atoms with van der Waals surface area (Å²) in [5.74, 6) is -0.209. The molecule has 1 aromatic heterocycles. The maximum absolute atomic E-state index is 11.9. The van der Waals surface area contributed by atoms with Crippen molar-refractivity contribution in [2.75, 3.05) is 13.2 Å². The van der Waals surface area contributed by atoms with Crippen LogP contribution in [0.5, 0.6) is 0 Å². The number of hydrogen-bond acceptors (Lipinski definition) is 5. The van der Waals surface area contributed by atoms with Crippen molar-refractivity contribution in [3.63, 3.8) is 0 Å². The predicted octanol–water partition coefficient (Wildman–Crippen LogP) is 1.28. The van der Waals surface area contributed by atoms with E-state index in [0.717, 1.165) is 0 Å². The van der Waals surface area contributed by atoms with Crippen molar-refractivity contribution >= 4 is 5.91 Å². The normalized spacial score (nSPS) is 27.9. The maximum atomic E-state index is 11.9. The maximum Gasteiger partial charge on any atom is 0.290 e. The van der Waals surface area contributed by atoms with Crippen LogP contribution in [-0.4, -0.2) is 41.0 Å². The van der Waals surface area contributed by atoms with Crippen LogP contribution in [0.15, 0.2) is 10.6 Å². The highest BCUT2D eigenvalue weighted by Gasteiger charge is 2.59. The first-order chi connectivity index (χ1) is 9.30. The molecular weight excluding hydrogens is 260 g/mol. The summed E-state index contributed by atoms with van der Waals surface area (Å²) < 4.78 is 10.5. The van der Waals surface area contributed by atoms with Gasteiger partial charge in [0.15, 0.2) is 0 Å². The van der Waals surface area contributed by atoms with Crippen LogP contribution in [0.1, 0.15) is 43.4 Å². The van der Waals surface area contributed by atoms with Crippen molar-refractivity contribution in [2.45, 2.75) is 45.8 Å². The monoisotopic (exact) mass is 282 g/mol. The van der Waals surface area contributed by atoms with Gasteiger partial charge in [0.05, 0.1) is 17.4 Å². The Labute approximate surface area is 118 Å². The van der Waals surface area contributed by atoms with Gasteiger partial charge in [-0.1, -0.05) is 19.0 Å². The number of aliphatic hydroxyl groups is 1. The van der Waals surface area contributed by atoms with Gasteiger partial charge in [-0.25, -0.2) is 0 Å². The molecule has 1 amide bonds. The van der Waals surface area contributed by atoms with Gasteiger partial charge >= 0.3 is 0 Å². The molecule has 1 heterocycles. The molecule has 0 unspecified atom stereocenters. The summed E-state index contributed by atoms with van der Waals surface area (Å²) in [5.41, 5.74) is -0.709. The third-order valence-electron chi connectivity index (χ3n) is 4.29. The van der Waals surface area contributed by atoms with Gasteiger partial charge in [-0.3, -0.25) is 4.79 Å². The number of amides is 1. The molecule has 1 aliphatic carbocycles. The van der Waals surface area contributed by atoms with Crippen molar-refractivity contribution in [3.8, 4) is 0 Å². The van der Waals surface area contributed by atoms with Crippen LogP contribution in [-0.2, 0) is 4.74 Å². The first-order valence-corrected chi connectivity index (χ1v) is 6.85. The zero-order valence-electron chi connectivity index (χ0n) is 12.4. The molecule has 1 fully saturated rings. The first-order valence-electron chi connectivity index (χ1n) is 6.85. The lowest BCUT2D eigenvalue weighted by Gasteiger charge is -2.57. The molecule has 0 aromatic carbocycles. The molecule has 112 valence electrons. The highest BCUT2D eigenvalue weighted by atomic mass is 16.5. The van der Waals surface area contributed by atoms with E-state index in [1.165, 1.54) is 0 Å². The van der Waals surface area contributed by atoms with Gasteiger partial charge < -0.3 is 19.7 Å². The van der Waals surface area contributed by atoms with Gasteiger partial charge in [0, 0.05) is 31.1 Å². The molecule has 2 atom stereocenters. The highest BCUT2D eigenvalue weighted by molar-refractivity contribution is 5.91. The predicted molar refractivity (Wildman–Crippen MR) is 72.3 cm³/mol. The Morgan fingerprint density at radius 3 is 2.85 bits per heavy atom. The zero-order chi connectivity index (χ0) is 15.0. The van der Waals surface area contributed by atoms with Gasteiger partial charge in [-0.2, -0.15) is 0 Å². The Morgan fingerprint density at radius 1 is 1.65 bits per heavy atom. The lowest BCUT2D eigenvalue weighted by atomic mass is 9.56. The molecule has 1 saturated carbocycles. The fraction of sp³-hybridized carbons (Fsp3) is 0.714. The van der Waals surface area contributed by atoms with Gasteiger partial charge in [-0.15, -0.1) is 0 Å². The Balaban J connectivity index is 1.93. The summed E-state index contributed by atoms with van der Waals surface area (Å²) >= 11 is 0. The van der Waals surface area contributed by atoms with Gasteiger partial charge in [0.25, 0.3) is 5.91 Å². The Kier molecular flexibility index (Phi) is 3.88. The molecule has 0 bridgehead atoms. The third kappa shape index (κ3) is 2.45. The van der Waals surface area contributed by atoms with Crippen molar-refractivity contribution in [2.24, 2.45) is 5.41 Å². The second-order valence-corrected chi connectivity index (χ2v) is 5.92. The molecule has 20 heavy (non-hydrogen) atoms. The molecule has 0 spiro atoms. The van der Waals surface area contributed by atoms with Gasteiger partial charge in [0.2, 0.25) is 5.76 Å². The second-order valence-electron chi connectivity index (χ2n) is 5.92. The van der Waals surface area contributed by atoms with E-state index in [0.29, 0.717) is 18.7 Å². The minimum atomic E-state index is -0.961. The molecule has 1 aliphatic rings. The van der Waals surface area contributed by atoms with E-state index in [4.69, 9.17) is 9.26 Å². The summed E-state index contributed by atoms with van der Waals surface area (Å²) in [6.45, 7) is 8.36. The summed E-state index contributed by atoms with van der Waals surface area (Å²) in [6, 6.07) is 1.56. The molecule has 0 aliphatic heterocycles. The zero-order valence-corrected chi connectivity index (χ0v) is 12.4. The van der Waals surface area contributed by atoms with Crippen LogP contribution in [0, 0.1) is 12.3 Å². The lowest BCUT2D eigenvalue weighted by Crippen LogP contribution is -2.68. The van der Waals surface area contributed by atoms with Gasteiger partial charge in [-0.05, 0) is 13.8 Å². The van der Waals surface area contributed by atoms with Crippen molar-refractivity contribution in [3.05, 3.63) is 17.5 Å². The fourth-order valence-corrected chi connectivity index (χ4v) is 2.55. The lowest BCUT2D eigenvalue weighted by molar-refractivity contribution is -0.237. The number of rotatable bonds is 5. The average molecular weight is 282 g/mol. The SMILES string of the molecule is CCO[C@@H]1C[C@@](O)(CNC(=O)c2cc(C)no2)C1(C)C. The standard InChI is InChI=1S/C14H22N2O4/c1-5-19-11-7-14(18,13(11,3)4)8-15-12(17)10-6-9(2)16-20-10/h6,11,18H,5,7-8H2,1-4H3,(H,15,17)/t11-,14-/m1/s1. The Bertz CT molecular complexity index is 497. The summed E-state index contributed by atoms with van der Waals surface area (Å²) in [7, 11) is 0. The third-order valence-corrected chi connectivity index (χ3v) is 4.29. The number of nitrogens with one attached hydrogen (secondary N) is 1. The largest absolute Gasteiger partial charge is 0.387 e. The number of nitrogens with zero attached hydrogens (tertiary/aromatic N) is 1. The second kappa shape index (κ2) is 5.18. The number of aromatic nitrogens is 1. The van der Waals surface area contributed by atoms with Crippen molar-refractivity contribution in [1.82, 2.24) is 10.5 Å². The van der Waals surface area contributed by atoms with Crippen LogP contribution in [0.3, 0.4) is 0 Å². The van der Waals surface area contributed by atoms with E-state index in [9.17, 15) is 9.90 Å². The van der Waals surface area contributed by atoms with Gasteiger partial charge in [0.1, 0.15) is 0 Å². The molecule has 0 saturated heterocycles. The molecule has 2 rings (SSSR count). The van der Waals surface area contributed by atoms with Crippen molar-refractivity contribution < 1.29 is 19.2 Å². The molecular formula is C14H22N2O4. The van der Waals surface area contributed by atoms with Crippen LogP contribution in [0.25, 0.3) is 0 Å². The topological polar surface area (TPSA) is 84.6 Å². The van der Waals surface area contributed by atoms with E-state index in [2.05, 4.69) is 10.5 Å². The Morgan fingerprint density at radius 2 is 2.35 bits per heavy atom. The summed E-state index contributed by atoms with van der Waals surface area (Å²) in [4.78, 5) is 11.9. The Hall–Kier alpha value is -1.40. The summed E-state index contributed by atoms with van der Waals surface area (Å²) in [6.07, 6.45) is 0.533. The molecule has 2 N–H and O–H groups in total. The minimum absolute atomic E-state index is 0.0157. The molecule has 0 radical (unpaired) electrons. The number of carbonyl (C=O) groups excluding carboxylic acids is 1. The van der Waals surface area contributed by atoms with E-state index in [-0.39, 0.29) is 24.3 Å². The van der Waals surface area contributed by atoms with E-state index in [1.807, 2.05) is 20.8 Å². The highest BCUT2D eigenvalue weighted by Crippen LogP contribution is 2.50.